The number of benzene rings is 22. The van der Waals surface area contributed by atoms with Crippen LogP contribution in [0.15, 0.2) is 504 Å². The van der Waals surface area contributed by atoms with Crippen molar-refractivity contribution < 1.29 is 0 Å². The zero-order valence-electron chi connectivity index (χ0n) is 78.2. The quantitative estimate of drug-likeness (QED) is 0.0925. The summed E-state index contributed by atoms with van der Waals surface area (Å²) < 4.78 is 7.32. The predicted octanol–water partition coefficient (Wildman–Crippen LogP) is 36.3. The van der Waals surface area contributed by atoms with Crippen LogP contribution in [0, 0.1) is 0 Å². The highest BCUT2D eigenvalue weighted by atomic mass is 32.1. The lowest BCUT2D eigenvalue weighted by atomic mass is 9.85. The summed E-state index contributed by atoms with van der Waals surface area (Å²) in [5.41, 5.74) is 23.1. The fraction of sp³-hybridized carbons (Fsp3) is 0. The molecule has 0 amide bonds. The Morgan fingerprint density at radius 1 is 0.117 bits per heavy atom. The molecule has 12 heteroatoms. The van der Waals surface area contributed by atoms with Gasteiger partial charge < -0.3 is 0 Å². The first kappa shape index (κ1) is 86.9. The van der Waals surface area contributed by atoms with E-state index >= 15 is 0 Å². The van der Waals surface area contributed by atoms with Crippen LogP contribution in [-0.4, -0.2) is 44.9 Å². The minimum absolute atomic E-state index is 0.642. The van der Waals surface area contributed by atoms with Crippen LogP contribution in [0.2, 0.25) is 0 Å². The minimum Gasteiger partial charge on any atom is -0.208 e. The van der Waals surface area contributed by atoms with E-state index in [1.54, 1.807) is 34.0 Å². The molecule has 0 bridgehead atoms. The Balaban J connectivity index is 0.000000112. The van der Waals surface area contributed by atoms with Crippen LogP contribution in [0.4, 0.5) is 0 Å². The van der Waals surface area contributed by atoms with E-state index in [4.69, 9.17) is 44.9 Å². The standard InChI is InChI=1S/C53H33N3S.C43H27N3S.C37H23N3S/c1-3-16-34(17-4-1)48-41-25-7-9-27-43(41)49(44-28-10-8-26-42(44)48)38-22-13-20-36(32-38)37-21-14-23-39(33-37)52-54-51(35-18-5-2-6-19-35)55-53(56-52)46-30-15-29-45-40-24-11-12-31-47(40)57-50(45)46;1-3-10-28(11-4-1)29-18-20-30(21-19-29)33-24-22-31-23-25-34(27-35(31)26-33)42-44-41(32-12-5-2-6-13-32)45-43(46-42)38-16-9-15-37-36-14-7-8-17-39(36)47-40(37)38;1-3-10-24(11-4-1)26-18-19-28-23-29(21-20-27(28)22-26)36-38-35(25-12-5-2-6-13-25)39-37(40-36)32-16-9-15-31-30-14-7-8-17-33(30)41-34(31)32/h1-33H;1-27H;1-23H. The molecule has 22 aromatic carbocycles. The van der Waals surface area contributed by atoms with Crippen LogP contribution in [0.25, 0.3) is 273 Å². The Morgan fingerprint density at radius 3 is 0.717 bits per heavy atom. The first-order valence-corrected chi connectivity index (χ1v) is 50.9. The van der Waals surface area contributed by atoms with Gasteiger partial charge in [-0.2, -0.15) is 0 Å². The van der Waals surface area contributed by atoms with Crippen molar-refractivity contribution in [3.05, 3.63) is 504 Å². The summed E-state index contributed by atoms with van der Waals surface area (Å²) in [5.74, 6) is 5.99. The molecule has 0 atom stereocenters. The van der Waals surface area contributed by atoms with E-state index in [-0.39, 0.29) is 0 Å². The smallest absolute Gasteiger partial charge is 0.165 e. The molecule has 0 N–H and O–H groups in total. The average molecular weight is 1900 g/mol. The summed E-state index contributed by atoms with van der Waals surface area (Å²) in [6.07, 6.45) is 0. The highest BCUT2D eigenvalue weighted by Crippen LogP contribution is 2.48. The van der Waals surface area contributed by atoms with E-state index in [0.29, 0.717) is 52.4 Å². The monoisotopic (exact) mass is 1900 g/mol. The van der Waals surface area contributed by atoms with E-state index in [2.05, 4.69) is 437 Å². The second-order valence-corrected chi connectivity index (χ2v) is 39.2. The molecule has 28 rings (SSSR count). The molecule has 678 valence electrons. The van der Waals surface area contributed by atoms with Crippen molar-refractivity contribution in [1.29, 1.82) is 0 Å². The minimum atomic E-state index is 0.642. The molecular formula is C133H83N9S3. The van der Waals surface area contributed by atoms with Crippen LogP contribution >= 0.6 is 34.0 Å². The molecule has 0 unspecified atom stereocenters. The summed E-state index contributed by atoms with van der Waals surface area (Å²) in [6.45, 7) is 0. The first-order chi connectivity index (χ1) is 71.8. The van der Waals surface area contributed by atoms with Crippen molar-refractivity contribution >= 4 is 138 Å². The number of aromatic nitrogens is 9. The third-order valence-electron chi connectivity index (χ3n) is 27.2. The van der Waals surface area contributed by atoms with Crippen molar-refractivity contribution in [1.82, 2.24) is 44.9 Å². The van der Waals surface area contributed by atoms with Gasteiger partial charge in [0.2, 0.25) is 0 Å². The van der Waals surface area contributed by atoms with E-state index in [0.717, 1.165) is 72.0 Å². The van der Waals surface area contributed by atoms with Crippen LogP contribution in [0.1, 0.15) is 0 Å². The van der Waals surface area contributed by atoms with Gasteiger partial charge in [-0.25, -0.2) is 44.9 Å². The summed E-state index contributed by atoms with van der Waals surface area (Å²) in [4.78, 5) is 45.7. The number of hydrogen-bond acceptors (Lipinski definition) is 12. The summed E-state index contributed by atoms with van der Waals surface area (Å²) in [6, 6.07) is 177. The van der Waals surface area contributed by atoms with Crippen molar-refractivity contribution in [3.8, 4) is 169 Å². The molecular weight excluding hydrogens is 1820 g/mol. The highest BCUT2D eigenvalue weighted by molar-refractivity contribution is 7.27. The van der Waals surface area contributed by atoms with Crippen LogP contribution in [0.5, 0.6) is 0 Å². The van der Waals surface area contributed by atoms with Gasteiger partial charge in [0.25, 0.3) is 0 Å². The first-order valence-electron chi connectivity index (χ1n) is 48.5. The molecule has 6 aromatic heterocycles. The van der Waals surface area contributed by atoms with E-state index in [9.17, 15) is 0 Å². The number of hydrogen-bond donors (Lipinski definition) is 0. The van der Waals surface area contributed by atoms with Gasteiger partial charge in [-0.1, -0.05) is 431 Å². The second-order valence-electron chi connectivity index (χ2n) is 36.1. The zero-order chi connectivity index (χ0) is 96.0. The Bertz CT molecular complexity index is 9770. The third kappa shape index (κ3) is 16.9. The van der Waals surface area contributed by atoms with Gasteiger partial charge in [0.05, 0.1) is 0 Å². The molecule has 0 saturated carbocycles. The fourth-order valence-electron chi connectivity index (χ4n) is 20.1. The lowest BCUT2D eigenvalue weighted by molar-refractivity contribution is 1.08. The van der Waals surface area contributed by atoms with Gasteiger partial charge in [0.1, 0.15) is 0 Å². The van der Waals surface area contributed by atoms with Gasteiger partial charge in [0.15, 0.2) is 52.4 Å². The topological polar surface area (TPSA) is 116 Å². The predicted molar refractivity (Wildman–Crippen MR) is 610 cm³/mol. The van der Waals surface area contributed by atoms with Gasteiger partial charge >= 0.3 is 0 Å². The molecule has 0 aliphatic carbocycles. The van der Waals surface area contributed by atoms with Gasteiger partial charge in [-0.3, -0.25) is 0 Å². The van der Waals surface area contributed by atoms with Crippen molar-refractivity contribution in [3.63, 3.8) is 0 Å². The molecule has 0 radical (unpaired) electrons. The van der Waals surface area contributed by atoms with E-state index in [1.165, 1.54) is 148 Å². The molecule has 0 fully saturated rings. The maximum atomic E-state index is 5.21. The summed E-state index contributed by atoms with van der Waals surface area (Å²) >= 11 is 5.36. The second kappa shape index (κ2) is 38.0. The number of nitrogens with zero attached hydrogens (tertiary/aromatic N) is 9. The van der Waals surface area contributed by atoms with Gasteiger partial charge in [-0.15, -0.1) is 34.0 Å². The fourth-order valence-corrected chi connectivity index (χ4v) is 23.7. The van der Waals surface area contributed by atoms with E-state index in [1.807, 2.05) is 66.7 Å². The zero-order valence-corrected chi connectivity index (χ0v) is 80.6. The van der Waals surface area contributed by atoms with Gasteiger partial charge in [-0.05, 0) is 183 Å². The molecule has 9 nitrogen and oxygen atoms in total. The van der Waals surface area contributed by atoms with Crippen molar-refractivity contribution in [2.75, 3.05) is 0 Å². The lowest BCUT2D eigenvalue weighted by Gasteiger charge is -2.18. The SMILES string of the molecule is c1ccc(-c2ccc(-c3ccc4ccc(-c5nc(-c6ccccc6)nc(-c6cccc7c6sc6ccccc67)n5)cc4c3)cc2)cc1.c1ccc(-c2ccc3cc(-c4nc(-c5ccccc5)nc(-c5cccc6c5sc5ccccc56)n4)ccc3c2)cc1.c1ccc(-c2nc(-c3cccc(-c4cccc(-c5c6ccccc6c(-c6ccccc6)c6ccccc56)c4)c3)nc(-c3cccc4c3sc3ccccc34)n2)cc1. The van der Waals surface area contributed by atoms with Crippen molar-refractivity contribution in [2.45, 2.75) is 0 Å². The maximum absolute atomic E-state index is 5.21. The number of rotatable bonds is 15. The van der Waals surface area contributed by atoms with Crippen LogP contribution in [-0.2, 0) is 0 Å². The largest absolute Gasteiger partial charge is 0.208 e. The molecule has 6 heterocycles. The Labute approximate surface area is 848 Å². The Morgan fingerprint density at radius 2 is 0.331 bits per heavy atom. The molecule has 28 aromatic rings. The third-order valence-corrected chi connectivity index (χ3v) is 30.8. The number of fused-ring (bicyclic) bond motifs is 13. The van der Waals surface area contributed by atoms with E-state index < -0.39 is 0 Å². The molecule has 145 heavy (non-hydrogen) atoms. The van der Waals surface area contributed by atoms with Crippen molar-refractivity contribution in [2.24, 2.45) is 0 Å². The van der Waals surface area contributed by atoms with Crippen LogP contribution < -0.4 is 0 Å². The van der Waals surface area contributed by atoms with Crippen LogP contribution in [0.3, 0.4) is 0 Å². The Hall–Kier alpha value is -18.4. The molecule has 0 saturated heterocycles. The molecule has 0 spiro atoms. The normalized spacial score (nSPS) is 11.4. The molecule has 0 aliphatic rings. The lowest BCUT2D eigenvalue weighted by Crippen LogP contribution is -2.00. The number of thiophene rings is 3. The summed E-state index contributed by atoms with van der Waals surface area (Å²) in [5, 5.41) is 17.0. The average Bonchev–Trinajstić information content (AvgIpc) is 1.63. The van der Waals surface area contributed by atoms with Gasteiger partial charge in [0, 0.05) is 111 Å². The molecule has 0 aliphatic heterocycles. The Kier molecular flexibility index (Phi) is 22.7. The highest BCUT2D eigenvalue weighted by Gasteiger charge is 2.25. The maximum Gasteiger partial charge on any atom is 0.165 e. The summed E-state index contributed by atoms with van der Waals surface area (Å²) in [7, 11) is 0.